The summed E-state index contributed by atoms with van der Waals surface area (Å²) in [7, 11) is 0. The number of benzene rings is 1. The number of carbonyl (C=O) groups excluding carboxylic acids is 1. The molecule has 0 radical (unpaired) electrons. The minimum Gasteiger partial charge on any atom is -0.376 e. The summed E-state index contributed by atoms with van der Waals surface area (Å²) < 4.78 is 48.4. The largest absolute Gasteiger partial charge is 0.416 e. The highest BCUT2D eigenvalue weighted by molar-refractivity contribution is 6.33. The van der Waals surface area contributed by atoms with Gasteiger partial charge >= 0.3 is 6.18 Å². The molecular weight excluding hydrogens is 323 g/mol. The molecule has 1 aromatic carbocycles. The van der Waals surface area contributed by atoms with E-state index in [1.807, 2.05) is 0 Å². The van der Waals surface area contributed by atoms with E-state index in [-0.39, 0.29) is 30.0 Å². The molecule has 0 saturated carbocycles. The Morgan fingerprint density at radius 2 is 2.23 bits per heavy atom. The average Bonchev–Trinajstić information content (AvgIpc) is 2.93. The number of ether oxygens (including phenoxy) is 2. The predicted octanol–water partition coefficient (Wildman–Crippen LogP) is 3.49. The van der Waals surface area contributed by atoms with Crippen molar-refractivity contribution in [3.05, 3.63) is 28.8 Å². The number of hydrogen-bond acceptors (Lipinski definition) is 3. The van der Waals surface area contributed by atoms with E-state index >= 15 is 0 Å². The third-order valence-electron chi connectivity index (χ3n) is 3.13. The molecule has 8 heteroatoms. The van der Waals surface area contributed by atoms with Crippen molar-refractivity contribution in [1.29, 1.82) is 0 Å². The van der Waals surface area contributed by atoms with E-state index in [4.69, 9.17) is 21.1 Å². The van der Waals surface area contributed by atoms with Gasteiger partial charge < -0.3 is 14.8 Å². The molecule has 1 N–H and O–H groups in total. The number of carbonyl (C=O) groups is 1. The van der Waals surface area contributed by atoms with Crippen molar-refractivity contribution in [2.45, 2.75) is 25.1 Å². The van der Waals surface area contributed by atoms with E-state index in [1.165, 1.54) is 0 Å². The lowest BCUT2D eigenvalue weighted by atomic mass is 10.2. The van der Waals surface area contributed by atoms with Gasteiger partial charge in [-0.05, 0) is 31.0 Å². The van der Waals surface area contributed by atoms with Gasteiger partial charge in [0.1, 0.15) is 6.61 Å². The molecule has 4 nitrogen and oxygen atoms in total. The number of alkyl halides is 3. The number of amides is 1. The molecule has 122 valence electrons. The van der Waals surface area contributed by atoms with E-state index < -0.39 is 17.6 Å². The van der Waals surface area contributed by atoms with Gasteiger partial charge in [-0.2, -0.15) is 13.2 Å². The topological polar surface area (TPSA) is 47.6 Å². The Morgan fingerprint density at radius 1 is 1.45 bits per heavy atom. The van der Waals surface area contributed by atoms with E-state index in [0.29, 0.717) is 6.61 Å². The van der Waals surface area contributed by atoms with E-state index in [2.05, 4.69) is 5.32 Å². The number of rotatable bonds is 5. The Bertz CT molecular complexity index is 531. The minimum atomic E-state index is -4.50. The van der Waals surface area contributed by atoms with Crippen LogP contribution in [0.2, 0.25) is 5.02 Å². The molecule has 1 aromatic rings. The highest BCUT2D eigenvalue weighted by atomic mass is 35.5. The van der Waals surface area contributed by atoms with Crippen LogP contribution in [0.3, 0.4) is 0 Å². The van der Waals surface area contributed by atoms with E-state index in [0.717, 1.165) is 31.0 Å². The molecule has 0 spiro atoms. The molecule has 0 aromatic heterocycles. The van der Waals surface area contributed by atoms with E-state index in [1.54, 1.807) is 0 Å². The fourth-order valence-corrected chi connectivity index (χ4v) is 2.21. The number of halogens is 4. The van der Waals surface area contributed by atoms with Crippen LogP contribution in [0.5, 0.6) is 0 Å². The fourth-order valence-electron chi connectivity index (χ4n) is 2.04. The zero-order valence-corrected chi connectivity index (χ0v) is 12.3. The van der Waals surface area contributed by atoms with Crippen LogP contribution in [0.25, 0.3) is 0 Å². The van der Waals surface area contributed by atoms with Crippen LogP contribution in [0.4, 0.5) is 18.9 Å². The molecule has 1 saturated heterocycles. The van der Waals surface area contributed by atoms with Crippen molar-refractivity contribution in [2.24, 2.45) is 0 Å². The second-order valence-electron chi connectivity index (χ2n) is 4.89. The first kappa shape index (κ1) is 17.1. The van der Waals surface area contributed by atoms with Crippen molar-refractivity contribution in [3.63, 3.8) is 0 Å². The molecule has 0 aliphatic carbocycles. The van der Waals surface area contributed by atoms with Crippen LogP contribution in [0, 0.1) is 0 Å². The first-order valence-electron chi connectivity index (χ1n) is 6.72. The second-order valence-corrected chi connectivity index (χ2v) is 5.30. The minimum absolute atomic E-state index is 0.0232. The molecule has 2 rings (SSSR count). The molecule has 1 fully saturated rings. The highest BCUT2D eigenvalue weighted by Gasteiger charge is 2.31. The Hall–Kier alpha value is -1.31. The molecule has 0 bridgehead atoms. The van der Waals surface area contributed by atoms with Crippen LogP contribution in [-0.2, 0) is 20.4 Å². The lowest BCUT2D eigenvalue weighted by Crippen LogP contribution is -2.22. The van der Waals surface area contributed by atoms with Gasteiger partial charge in [0.05, 0.1) is 29.0 Å². The second kappa shape index (κ2) is 7.30. The quantitative estimate of drug-likeness (QED) is 0.894. The van der Waals surface area contributed by atoms with Crippen molar-refractivity contribution in [1.82, 2.24) is 0 Å². The summed E-state index contributed by atoms with van der Waals surface area (Å²) in [6, 6.07) is 2.74. The lowest BCUT2D eigenvalue weighted by Gasteiger charge is -2.13. The normalized spacial score (nSPS) is 18.5. The van der Waals surface area contributed by atoms with Crippen molar-refractivity contribution in [2.75, 3.05) is 25.1 Å². The molecule has 1 aliphatic heterocycles. The summed E-state index contributed by atoms with van der Waals surface area (Å²) in [4.78, 5) is 11.7. The van der Waals surface area contributed by atoms with Gasteiger partial charge in [0, 0.05) is 6.61 Å². The number of nitrogens with one attached hydrogen (secondary N) is 1. The lowest BCUT2D eigenvalue weighted by molar-refractivity contribution is -0.137. The zero-order chi connectivity index (χ0) is 16.2. The molecule has 22 heavy (non-hydrogen) atoms. The van der Waals surface area contributed by atoms with Gasteiger partial charge in [0.15, 0.2) is 0 Å². The van der Waals surface area contributed by atoms with Gasteiger partial charge in [-0.1, -0.05) is 11.6 Å². The van der Waals surface area contributed by atoms with Gasteiger partial charge in [0.2, 0.25) is 5.91 Å². The number of hydrogen-bond donors (Lipinski definition) is 1. The maximum Gasteiger partial charge on any atom is 0.416 e. The highest BCUT2D eigenvalue weighted by Crippen LogP contribution is 2.33. The van der Waals surface area contributed by atoms with Crippen LogP contribution in [-0.4, -0.2) is 31.8 Å². The molecule has 1 heterocycles. The monoisotopic (exact) mass is 337 g/mol. The Labute approximate surface area is 130 Å². The van der Waals surface area contributed by atoms with Crippen molar-refractivity contribution < 1.29 is 27.4 Å². The summed E-state index contributed by atoms with van der Waals surface area (Å²) in [5, 5.41) is 2.34. The third-order valence-corrected chi connectivity index (χ3v) is 3.46. The van der Waals surface area contributed by atoms with Crippen LogP contribution < -0.4 is 5.32 Å². The van der Waals surface area contributed by atoms with Gasteiger partial charge in [-0.25, -0.2) is 0 Å². The fraction of sp³-hybridized carbons (Fsp3) is 0.500. The molecule has 1 atom stereocenters. The summed E-state index contributed by atoms with van der Waals surface area (Å²) in [6.45, 7) is 0.691. The third kappa shape index (κ3) is 4.86. The molecular formula is C14H15ClF3NO3. The maximum absolute atomic E-state index is 12.6. The van der Waals surface area contributed by atoms with Gasteiger partial charge in [-0.3, -0.25) is 4.79 Å². The summed E-state index contributed by atoms with van der Waals surface area (Å²) in [6.07, 6.45) is -2.69. The Balaban J connectivity index is 1.87. The van der Waals surface area contributed by atoms with Gasteiger partial charge in [-0.15, -0.1) is 0 Å². The molecule has 1 aliphatic rings. The summed E-state index contributed by atoms with van der Waals surface area (Å²) in [5.41, 5.74) is -0.977. The van der Waals surface area contributed by atoms with E-state index in [9.17, 15) is 18.0 Å². The summed E-state index contributed by atoms with van der Waals surface area (Å²) in [5.74, 6) is -0.570. The Morgan fingerprint density at radius 3 is 2.86 bits per heavy atom. The average molecular weight is 338 g/mol. The molecule has 1 amide bonds. The first-order valence-corrected chi connectivity index (χ1v) is 7.10. The maximum atomic E-state index is 12.6. The van der Waals surface area contributed by atoms with Crippen LogP contribution in [0.1, 0.15) is 18.4 Å². The predicted molar refractivity (Wildman–Crippen MR) is 74.9 cm³/mol. The standard InChI is InChI=1S/C14H15ClF3NO3/c15-11-4-3-9(14(16,17)18)6-12(11)19-13(20)8-21-7-10-2-1-5-22-10/h3-4,6,10H,1-2,5,7-8H2,(H,19,20)/t10-/m1/s1. The van der Waals surface area contributed by atoms with Crippen LogP contribution in [0.15, 0.2) is 18.2 Å². The van der Waals surface area contributed by atoms with Crippen molar-refractivity contribution >= 4 is 23.2 Å². The zero-order valence-electron chi connectivity index (χ0n) is 11.6. The number of anilines is 1. The summed E-state index contributed by atoms with van der Waals surface area (Å²) >= 11 is 5.79. The smallest absolute Gasteiger partial charge is 0.376 e. The Kier molecular flexibility index (Phi) is 5.66. The van der Waals surface area contributed by atoms with Gasteiger partial charge in [0.25, 0.3) is 0 Å². The SMILES string of the molecule is O=C(COC[C@H]1CCCO1)Nc1cc(C(F)(F)F)ccc1Cl. The van der Waals surface area contributed by atoms with Crippen LogP contribution >= 0.6 is 11.6 Å². The van der Waals surface area contributed by atoms with Crippen molar-refractivity contribution in [3.8, 4) is 0 Å². The molecule has 0 unspecified atom stereocenters. The first-order chi connectivity index (χ1) is 10.4.